The van der Waals surface area contributed by atoms with Crippen LogP contribution in [0.15, 0.2) is 0 Å². The average molecular weight is 609 g/mol. The Kier molecular flexibility index (Phi) is 26.7. The van der Waals surface area contributed by atoms with Gasteiger partial charge in [0.2, 0.25) is 17.7 Å². The zero-order chi connectivity index (χ0) is 30.4. The number of nitrogens with zero attached hydrogens (tertiary/aromatic N) is 1. The van der Waals surface area contributed by atoms with E-state index in [4.69, 9.17) is 42.6 Å². The second kappa shape index (κ2) is 29.3. The van der Waals surface area contributed by atoms with Gasteiger partial charge in [-0.1, -0.05) is 6.92 Å². The molecule has 42 heavy (non-hydrogen) atoms. The van der Waals surface area contributed by atoms with Gasteiger partial charge in [-0.15, -0.1) is 0 Å². The molecule has 3 amide bonds. The molecule has 1 heterocycles. The lowest BCUT2D eigenvalue weighted by Gasteiger charge is -2.13. The summed E-state index contributed by atoms with van der Waals surface area (Å²) < 4.78 is 48.7. The van der Waals surface area contributed by atoms with Crippen molar-refractivity contribution in [2.24, 2.45) is 0 Å². The van der Waals surface area contributed by atoms with Crippen LogP contribution in [0.5, 0.6) is 0 Å². The first-order valence-electron chi connectivity index (χ1n) is 14.9. The molecular formula is C28H52N2O12. The molecule has 0 radical (unpaired) electrons. The first-order valence-corrected chi connectivity index (χ1v) is 14.9. The minimum atomic E-state index is -0.221. The number of ether oxygens (including phenoxy) is 9. The molecule has 0 atom stereocenters. The fourth-order valence-corrected chi connectivity index (χ4v) is 3.44. The van der Waals surface area contributed by atoms with E-state index in [-0.39, 0.29) is 43.5 Å². The molecule has 0 unspecified atom stereocenters. The van der Waals surface area contributed by atoms with E-state index >= 15 is 0 Å². The maximum absolute atomic E-state index is 11.8. The Bertz CT molecular complexity index is 655. The van der Waals surface area contributed by atoms with Crippen molar-refractivity contribution in [2.45, 2.75) is 32.6 Å². The highest BCUT2D eigenvalue weighted by Gasteiger charge is 2.28. The topological polar surface area (TPSA) is 150 Å². The lowest BCUT2D eigenvalue weighted by atomic mass is 10.3. The highest BCUT2D eigenvalue weighted by molar-refractivity contribution is 6.02. The Morgan fingerprint density at radius 1 is 0.548 bits per heavy atom. The SMILES string of the molecule is CCCOCCOCCOCCOCCOCCOCCOCCOCCOCCNC(=O)CCN1C(=O)CCC1=O. The van der Waals surface area contributed by atoms with Crippen molar-refractivity contribution in [1.82, 2.24) is 10.2 Å². The van der Waals surface area contributed by atoms with Crippen LogP contribution in [-0.4, -0.2) is 155 Å². The van der Waals surface area contributed by atoms with E-state index in [0.717, 1.165) is 17.9 Å². The van der Waals surface area contributed by atoms with Gasteiger partial charge in [-0.05, 0) is 6.42 Å². The number of hydrogen-bond acceptors (Lipinski definition) is 12. The van der Waals surface area contributed by atoms with Gasteiger partial charge < -0.3 is 47.9 Å². The molecule has 0 aliphatic carbocycles. The summed E-state index contributed by atoms with van der Waals surface area (Å²) in [6, 6.07) is 0. The second-order valence-electron chi connectivity index (χ2n) is 9.05. The first kappa shape index (κ1) is 38.3. The van der Waals surface area contributed by atoms with Crippen LogP contribution in [0.1, 0.15) is 32.6 Å². The molecule has 0 bridgehead atoms. The molecule has 246 valence electrons. The number of nitrogens with one attached hydrogen (secondary N) is 1. The first-order chi connectivity index (χ1) is 20.6. The molecule has 1 fully saturated rings. The summed E-state index contributed by atoms with van der Waals surface area (Å²) in [5, 5.41) is 2.70. The van der Waals surface area contributed by atoms with Crippen LogP contribution in [0.2, 0.25) is 0 Å². The Labute approximate surface area is 249 Å². The molecule has 1 saturated heterocycles. The summed E-state index contributed by atoms with van der Waals surface area (Å²) >= 11 is 0. The van der Waals surface area contributed by atoms with Crippen LogP contribution < -0.4 is 5.32 Å². The van der Waals surface area contributed by atoms with Gasteiger partial charge in [0.05, 0.1) is 112 Å². The standard InChI is InChI=1S/C28H52N2O12/c1-2-8-34-10-12-36-14-16-38-18-20-40-22-24-42-25-23-41-21-19-39-17-15-37-13-11-35-9-6-29-26(31)5-7-30-27(32)3-4-28(30)33/h2-25H2,1H3,(H,29,31). The van der Waals surface area contributed by atoms with Crippen LogP contribution in [-0.2, 0) is 57.0 Å². The van der Waals surface area contributed by atoms with Crippen LogP contribution >= 0.6 is 0 Å². The normalized spacial score (nSPS) is 13.4. The summed E-state index contributed by atoms with van der Waals surface area (Å²) in [4.78, 5) is 35.9. The maximum Gasteiger partial charge on any atom is 0.229 e. The van der Waals surface area contributed by atoms with Gasteiger partial charge in [0.1, 0.15) is 0 Å². The van der Waals surface area contributed by atoms with E-state index < -0.39 is 0 Å². The van der Waals surface area contributed by atoms with E-state index in [0.29, 0.717) is 119 Å². The highest BCUT2D eigenvalue weighted by atomic mass is 16.6. The molecule has 14 nitrogen and oxygen atoms in total. The van der Waals surface area contributed by atoms with Crippen molar-refractivity contribution in [3.63, 3.8) is 0 Å². The molecule has 1 aliphatic rings. The van der Waals surface area contributed by atoms with Crippen molar-refractivity contribution in [3.8, 4) is 0 Å². The summed E-state index contributed by atoms with van der Waals surface area (Å²) in [7, 11) is 0. The van der Waals surface area contributed by atoms with Crippen molar-refractivity contribution in [1.29, 1.82) is 0 Å². The molecule has 0 spiro atoms. The van der Waals surface area contributed by atoms with Crippen molar-refractivity contribution in [3.05, 3.63) is 0 Å². The number of hydrogen-bond donors (Lipinski definition) is 1. The fourth-order valence-electron chi connectivity index (χ4n) is 3.44. The van der Waals surface area contributed by atoms with E-state index in [1.165, 1.54) is 0 Å². The Morgan fingerprint density at radius 3 is 1.19 bits per heavy atom. The monoisotopic (exact) mass is 608 g/mol. The van der Waals surface area contributed by atoms with E-state index in [2.05, 4.69) is 12.2 Å². The van der Waals surface area contributed by atoms with Gasteiger partial charge in [-0.2, -0.15) is 0 Å². The van der Waals surface area contributed by atoms with Crippen LogP contribution in [0.25, 0.3) is 0 Å². The second-order valence-corrected chi connectivity index (χ2v) is 9.05. The Hall–Kier alpha value is -1.75. The number of carbonyl (C=O) groups excluding carboxylic acids is 3. The third-order valence-electron chi connectivity index (χ3n) is 5.61. The zero-order valence-electron chi connectivity index (χ0n) is 25.3. The van der Waals surface area contributed by atoms with Crippen LogP contribution in [0, 0.1) is 0 Å². The lowest BCUT2D eigenvalue weighted by Crippen LogP contribution is -2.35. The highest BCUT2D eigenvalue weighted by Crippen LogP contribution is 2.11. The number of amides is 3. The zero-order valence-corrected chi connectivity index (χ0v) is 25.3. The average Bonchev–Trinajstić information content (AvgIpc) is 3.31. The molecule has 14 heteroatoms. The molecule has 1 aliphatic heterocycles. The summed E-state index contributed by atoms with van der Waals surface area (Å²) in [6.45, 7) is 11.7. The number of imide groups is 1. The number of likely N-dealkylation sites (tertiary alicyclic amines) is 1. The number of rotatable bonds is 32. The third-order valence-corrected chi connectivity index (χ3v) is 5.61. The van der Waals surface area contributed by atoms with Gasteiger partial charge in [0.25, 0.3) is 0 Å². The van der Waals surface area contributed by atoms with Crippen molar-refractivity contribution >= 4 is 17.7 Å². The molecular weight excluding hydrogens is 556 g/mol. The van der Waals surface area contributed by atoms with Gasteiger partial charge >= 0.3 is 0 Å². The van der Waals surface area contributed by atoms with E-state index in [9.17, 15) is 14.4 Å². The van der Waals surface area contributed by atoms with Crippen LogP contribution in [0.3, 0.4) is 0 Å². The summed E-state index contributed by atoms with van der Waals surface area (Å²) in [5.74, 6) is -0.648. The molecule has 0 aromatic heterocycles. The quantitative estimate of drug-likeness (QED) is 0.0821. The fraction of sp³-hybridized carbons (Fsp3) is 0.893. The summed E-state index contributed by atoms with van der Waals surface area (Å²) in [5.41, 5.74) is 0. The maximum atomic E-state index is 11.8. The van der Waals surface area contributed by atoms with E-state index in [1.807, 2.05) is 0 Å². The predicted molar refractivity (Wildman–Crippen MR) is 151 cm³/mol. The van der Waals surface area contributed by atoms with Gasteiger partial charge in [0.15, 0.2) is 0 Å². The summed E-state index contributed by atoms with van der Waals surface area (Å²) in [6.07, 6.45) is 1.58. The largest absolute Gasteiger partial charge is 0.379 e. The van der Waals surface area contributed by atoms with Crippen molar-refractivity contribution in [2.75, 3.05) is 132 Å². The minimum absolute atomic E-state index is 0.0971. The number of carbonyl (C=O) groups is 3. The Balaban J connectivity index is 1.67. The molecule has 0 aromatic rings. The molecule has 0 aromatic carbocycles. The molecule has 1 rings (SSSR count). The van der Waals surface area contributed by atoms with E-state index in [1.54, 1.807) is 0 Å². The van der Waals surface area contributed by atoms with Crippen LogP contribution in [0.4, 0.5) is 0 Å². The minimum Gasteiger partial charge on any atom is -0.379 e. The Morgan fingerprint density at radius 2 is 0.857 bits per heavy atom. The van der Waals surface area contributed by atoms with Gasteiger partial charge in [0, 0.05) is 39.0 Å². The lowest BCUT2D eigenvalue weighted by molar-refractivity contribution is -0.138. The van der Waals surface area contributed by atoms with Gasteiger partial charge in [-0.3, -0.25) is 19.3 Å². The predicted octanol–water partition coefficient (Wildman–Crippen LogP) is 0.201. The van der Waals surface area contributed by atoms with Crippen molar-refractivity contribution < 1.29 is 57.0 Å². The third kappa shape index (κ3) is 23.8. The molecule has 1 N–H and O–H groups in total. The smallest absolute Gasteiger partial charge is 0.229 e. The van der Waals surface area contributed by atoms with Gasteiger partial charge in [-0.25, -0.2) is 0 Å². The molecule has 0 saturated carbocycles.